The number of hydrogen-bond donors (Lipinski definition) is 0. The Morgan fingerprint density at radius 1 is 1.35 bits per heavy atom. The number of carbonyl (C=O) groups excluding carboxylic acids is 1. The molecule has 3 heteroatoms. The van der Waals surface area contributed by atoms with Gasteiger partial charge in [-0.05, 0) is 37.6 Å². The molecule has 3 nitrogen and oxygen atoms in total. The zero-order valence-electron chi connectivity index (χ0n) is 10.4. The Balaban J connectivity index is 1.93. The maximum atomic E-state index is 11.1. The first-order chi connectivity index (χ1) is 8.15. The summed E-state index contributed by atoms with van der Waals surface area (Å²) >= 11 is 0. The number of ketones is 1. The van der Waals surface area contributed by atoms with Crippen molar-refractivity contribution in [2.24, 2.45) is 5.41 Å². The fourth-order valence-corrected chi connectivity index (χ4v) is 1.80. The summed E-state index contributed by atoms with van der Waals surface area (Å²) in [7, 11) is 0. The van der Waals surface area contributed by atoms with Gasteiger partial charge in [-0.2, -0.15) is 0 Å². The summed E-state index contributed by atoms with van der Waals surface area (Å²) in [5.41, 5.74) is 0.911. The molecule has 1 heterocycles. The Morgan fingerprint density at radius 2 is 2.00 bits per heavy atom. The quantitative estimate of drug-likeness (QED) is 0.735. The van der Waals surface area contributed by atoms with Gasteiger partial charge in [0.1, 0.15) is 5.75 Å². The molecule has 1 fully saturated rings. The second-order valence-corrected chi connectivity index (χ2v) is 4.72. The van der Waals surface area contributed by atoms with Gasteiger partial charge < -0.3 is 9.47 Å². The maximum Gasteiger partial charge on any atom is 0.159 e. The lowest BCUT2D eigenvalue weighted by Crippen LogP contribution is -2.46. The van der Waals surface area contributed by atoms with Crippen LogP contribution in [0.15, 0.2) is 24.3 Å². The van der Waals surface area contributed by atoms with Gasteiger partial charge in [-0.1, -0.05) is 6.92 Å². The Kier molecular flexibility index (Phi) is 3.48. The van der Waals surface area contributed by atoms with Gasteiger partial charge in [0, 0.05) is 5.56 Å². The molecule has 1 aliphatic rings. The Labute approximate surface area is 102 Å². The van der Waals surface area contributed by atoms with Gasteiger partial charge in [-0.15, -0.1) is 0 Å². The predicted octanol–water partition coefficient (Wildman–Crippen LogP) is 2.69. The van der Waals surface area contributed by atoms with Crippen LogP contribution >= 0.6 is 0 Å². The summed E-state index contributed by atoms with van der Waals surface area (Å²) < 4.78 is 11.0. The summed E-state index contributed by atoms with van der Waals surface area (Å²) in [4.78, 5) is 11.1. The van der Waals surface area contributed by atoms with Crippen molar-refractivity contribution in [2.75, 3.05) is 19.8 Å². The van der Waals surface area contributed by atoms with E-state index in [4.69, 9.17) is 9.47 Å². The van der Waals surface area contributed by atoms with Crippen LogP contribution in [0.1, 0.15) is 30.6 Å². The third-order valence-corrected chi connectivity index (χ3v) is 3.37. The highest BCUT2D eigenvalue weighted by molar-refractivity contribution is 5.94. The van der Waals surface area contributed by atoms with Crippen molar-refractivity contribution < 1.29 is 14.3 Å². The van der Waals surface area contributed by atoms with E-state index < -0.39 is 0 Å². The molecule has 1 saturated heterocycles. The number of ether oxygens (including phenoxy) is 2. The molecule has 0 amide bonds. The van der Waals surface area contributed by atoms with E-state index in [0.717, 1.165) is 30.9 Å². The highest BCUT2D eigenvalue weighted by atomic mass is 16.5. The summed E-state index contributed by atoms with van der Waals surface area (Å²) in [5.74, 6) is 0.892. The van der Waals surface area contributed by atoms with E-state index >= 15 is 0 Å². The molecule has 0 bridgehead atoms. The van der Waals surface area contributed by atoms with Crippen molar-refractivity contribution in [3.8, 4) is 5.75 Å². The van der Waals surface area contributed by atoms with Crippen LogP contribution < -0.4 is 4.74 Å². The summed E-state index contributed by atoms with van der Waals surface area (Å²) in [6.45, 7) is 5.98. The molecule has 1 aliphatic heterocycles. The lowest BCUT2D eigenvalue weighted by atomic mass is 9.84. The summed E-state index contributed by atoms with van der Waals surface area (Å²) in [6, 6.07) is 7.29. The van der Waals surface area contributed by atoms with E-state index in [-0.39, 0.29) is 11.2 Å². The predicted molar refractivity (Wildman–Crippen MR) is 65.5 cm³/mol. The van der Waals surface area contributed by atoms with Crippen LogP contribution in [-0.4, -0.2) is 25.6 Å². The van der Waals surface area contributed by atoms with E-state index in [1.165, 1.54) is 0 Å². The first kappa shape index (κ1) is 12.1. The molecule has 92 valence electrons. The van der Waals surface area contributed by atoms with Crippen molar-refractivity contribution in [2.45, 2.75) is 20.3 Å². The molecule has 0 N–H and O–H groups in total. The first-order valence-corrected chi connectivity index (χ1v) is 5.97. The van der Waals surface area contributed by atoms with E-state index in [9.17, 15) is 4.79 Å². The molecule has 0 radical (unpaired) electrons. The van der Waals surface area contributed by atoms with Gasteiger partial charge >= 0.3 is 0 Å². The molecule has 0 atom stereocenters. The Morgan fingerprint density at radius 3 is 2.41 bits per heavy atom. The zero-order chi connectivity index (χ0) is 12.3. The molecule has 17 heavy (non-hydrogen) atoms. The van der Waals surface area contributed by atoms with Crippen LogP contribution in [-0.2, 0) is 4.74 Å². The number of rotatable bonds is 5. The van der Waals surface area contributed by atoms with Crippen LogP contribution in [0.4, 0.5) is 0 Å². The molecule has 0 spiro atoms. The van der Waals surface area contributed by atoms with Crippen LogP contribution in [0.3, 0.4) is 0 Å². The molecule has 1 aromatic carbocycles. The molecule has 0 aliphatic carbocycles. The number of Topliss-reactive ketones (excluding diaryl/α,β-unsaturated/α-hetero) is 1. The fraction of sp³-hybridized carbons (Fsp3) is 0.500. The highest BCUT2D eigenvalue weighted by Gasteiger charge is 2.37. The minimum atomic E-state index is 0.0778. The van der Waals surface area contributed by atoms with Gasteiger partial charge in [0.15, 0.2) is 5.78 Å². The third kappa shape index (κ3) is 2.67. The fourth-order valence-electron chi connectivity index (χ4n) is 1.80. The minimum Gasteiger partial charge on any atom is -0.493 e. The van der Waals surface area contributed by atoms with Crippen molar-refractivity contribution >= 4 is 5.78 Å². The van der Waals surface area contributed by atoms with Crippen molar-refractivity contribution in [1.82, 2.24) is 0 Å². The van der Waals surface area contributed by atoms with Gasteiger partial charge in [0.05, 0.1) is 25.2 Å². The number of carbonyl (C=O) groups is 1. The van der Waals surface area contributed by atoms with Crippen molar-refractivity contribution in [3.05, 3.63) is 29.8 Å². The molecular weight excluding hydrogens is 216 g/mol. The first-order valence-electron chi connectivity index (χ1n) is 5.97. The van der Waals surface area contributed by atoms with Crippen molar-refractivity contribution in [1.29, 1.82) is 0 Å². The van der Waals surface area contributed by atoms with Crippen LogP contribution in [0.5, 0.6) is 5.75 Å². The normalized spacial score (nSPS) is 17.3. The molecule has 2 rings (SSSR count). The second kappa shape index (κ2) is 4.88. The maximum absolute atomic E-state index is 11.1. The van der Waals surface area contributed by atoms with Crippen LogP contribution in [0.2, 0.25) is 0 Å². The highest BCUT2D eigenvalue weighted by Crippen LogP contribution is 2.31. The van der Waals surface area contributed by atoms with Crippen LogP contribution in [0.25, 0.3) is 0 Å². The average molecular weight is 234 g/mol. The Hall–Kier alpha value is -1.35. The SMILES string of the molecule is CCC1(COc2ccc(C(C)=O)cc2)COC1. The zero-order valence-corrected chi connectivity index (χ0v) is 10.4. The average Bonchev–Trinajstić information content (AvgIpc) is 2.29. The number of hydrogen-bond acceptors (Lipinski definition) is 3. The summed E-state index contributed by atoms with van der Waals surface area (Å²) in [5, 5.41) is 0. The minimum absolute atomic E-state index is 0.0778. The topological polar surface area (TPSA) is 35.5 Å². The summed E-state index contributed by atoms with van der Waals surface area (Å²) in [6.07, 6.45) is 1.07. The number of benzene rings is 1. The van der Waals surface area contributed by atoms with Gasteiger partial charge in [-0.25, -0.2) is 0 Å². The van der Waals surface area contributed by atoms with E-state index in [2.05, 4.69) is 6.92 Å². The van der Waals surface area contributed by atoms with Crippen LogP contribution in [0, 0.1) is 5.41 Å². The van der Waals surface area contributed by atoms with E-state index in [1.54, 1.807) is 19.1 Å². The monoisotopic (exact) mass is 234 g/mol. The third-order valence-electron chi connectivity index (χ3n) is 3.37. The van der Waals surface area contributed by atoms with E-state index in [0.29, 0.717) is 6.61 Å². The lowest BCUT2D eigenvalue weighted by molar-refractivity contribution is -0.133. The smallest absolute Gasteiger partial charge is 0.159 e. The molecule has 0 saturated carbocycles. The van der Waals surface area contributed by atoms with Crippen molar-refractivity contribution in [3.63, 3.8) is 0 Å². The molecular formula is C14H18O3. The largest absolute Gasteiger partial charge is 0.493 e. The van der Waals surface area contributed by atoms with E-state index in [1.807, 2.05) is 12.1 Å². The molecule has 0 unspecified atom stereocenters. The standard InChI is InChI=1S/C14H18O3/c1-3-14(8-16-9-14)10-17-13-6-4-12(5-7-13)11(2)15/h4-7H,3,8-10H2,1-2H3. The second-order valence-electron chi connectivity index (χ2n) is 4.72. The van der Waals surface area contributed by atoms with Gasteiger partial charge in [0.25, 0.3) is 0 Å². The molecule has 0 aromatic heterocycles. The van der Waals surface area contributed by atoms with Gasteiger partial charge in [0.2, 0.25) is 0 Å². The Bertz CT molecular complexity index is 385. The lowest BCUT2D eigenvalue weighted by Gasteiger charge is -2.40. The molecule has 1 aromatic rings. The van der Waals surface area contributed by atoms with Gasteiger partial charge in [-0.3, -0.25) is 4.79 Å².